The van der Waals surface area contributed by atoms with Crippen LogP contribution in [0.25, 0.3) is 0 Å². The highest BCUT2D eigenvalue weighted by Gasteiger charge is 2.34. The van der Waals surface area contributed by atoms with Crippen LogP contribution in [0.15, 0.2) is 35.5 Å². The minimum Gasteiger partial charge on any atom is -0.465 e. The van der Waals surface area contributed by atoms with E-state index in [1.807, 2.05) is 12.1 Å². The van der Waals surface area contributed by atoms with Gasteiger partial charge in [0.05, 0.1) is 13.7 Å². The molecule has 1 aliphatic rings. The molecule has 2 aromatic rings. The number of benzene rings is 1. The fourth-order valence-electron chi connectivity index (χ4n) is 3.05. The molecule has 0 bridgehead atoms. The number of rotatable bonds is 5. The Morgan fingerprint density at radius 2 is 1.89 bits per heavy atom. The van der Waals surface area contributed by atoms with Gasteiger partial charge in [-0.1, -0.05) is 30.7 Å². The number of methoxy groups -OCH3 is 1. The summed E-state index contributed by atoms with van der Waals surface area (Å²) in [4.78, 5) is 12.2. The number of aromatic nitrogens is 2. The Labute approximate surface area is 163 Å². The van der Waals surface area contributed by atoms with Crippen molar-refractivity contribution in [2.75, 3.05) is 20.2 Å². The van der Waals surface area contributed by atoms with Gasteiger partial charge in [0, 0.05) is 24.3 Å². The van der Waals surface area contributed by atoms with Gasteiger partial charge in [0.25, 0.3) is 10.0 Å². The second-order valence-corrected chi connectivity index (χ2v) is 9.04. The first-order valence-corrected chi connectivity index (χ1v) is 10.5. The van der Waals surface area contributed by atoms with E-state index in [4.69, 9.17) is 16.3 Å². The van der Waals surface area contributed by atoms with Crippen molar-refractivity contribution in [3.8, 4) is 0 Å². The van der Waals surface area contributed by atoms with Gasteiger partial charge in [-0.15, -0.1) is 0 Å². The van der Waals surface area contributed by atoms with Crippen LogP contribution in [-0.2, 0) is 21.3 Å². The summed E-state index contributed by atoms with van der Waals surface area (Å²) in [6.45, 7) is 3.26. The quantitative estimate of drug-likeness (QED) is 0.706. The Morgan fingerprint density at radius 3 is 2.48 bits per heavy atom. The molecular weight excluding hydrogens is 390 g/mol. The number of esters is 1. The van der Waals surface area contributed by atoms with Crippen LogP contribution in [0, 0.1) is 5.92 Å². The lowest BCUT2D eigenvalue weighted by atomic mass is 10.0. The van der Waals surface area contributed by atoms with E-state index in [-0.39, 0.29) is 10.6 Å². The number of carbonyl (C=O) groups is 1. The predicted octanol–water partition coefficient (Wildman–Crippen LogP) is 2.79. The van der Waals surface area contributed by atoms with Gasteiger partial charge in [0.2, 0.25) is 5.03 Å². The van der Waals surface area contributed by atoms with E-state index in [0.29, 0.717) is 30.6 Å². The largest absolute Gasteiger partial charge is 0.465 e. The highest BCUT2D eigenvalue weighted by molar-refractivity contribution is 7.89. The predicted molar refractivity (Wildman–Crippen MR) is 101 cm³/mol. The summed E-state index contributed by atoms with van der Waals surface area (Å²) in [6.07, 6.45) is 3.00. The molecule has 27 heavy (non-hydrogen) atoms. The molecule has 0 aliphatic carbocycles. The first-order valence-electron chi connectivity index (χ1n) is 8.71. The van der Waals surface area contributed by atoms with E-state index < -0.39 is 16.0 Å². The summed E-state index contributed by atoms with van der Waals surface area (Å²) in [5, 5.41) is 4.57. The molecule has 0 N–H and O–H groups in total. The van der Waals surface area contributed by atoms with Crippen LogP contribution >= 0.6 is 11.6 Å². The molecule has 2 heterocycles. The van der Waals surface area contributed by atoms with Crippen LogP contribution in [0.3, 0.4) is 0 Å². The van der Waals surface area contributed by atoms with Crippen molar-refractivity contribution in [3.05, 3.63) is 46.6 Å². The van der Waals surface area contributed by atoms with Gasteiger partial charge >= 0.3 is 5.97 Å². The molecule has 9 heteroatoms. The molecule has 0 atom stereocenters. The minimum absolute atomic E-state index is 0.0508. The normalized spacial score (nSPS) is 16.4. The topological polar surface area (TPSA) is 81.5 Å². The molecule has 146 valence electrons. The van der Waals surface area contributed by atoms with E-state index in [2.05, 4.69) is 12.0 Å². The van der Waals surface area contributed by atoms with E-state index in [0.717, 1.165) is 18.4 Å². The average molecular weight is 412 g/mol. The smallest absolute Gasteiger partial charge is 0.342 e. The van der Waals surface area contributed by atoms with Crippen LogP contribution in [0.5, 0.6) is 0 Å². The zero-order chi connectivity index (χ0) is 19.6. The molecular formula is C18H22ClN3O4S. The maximum absolute atomic E-state index is 13.1. The second kappa shape index (κ2) is 8.00. The molecule has 0 radical (unpaired) electrons. The van der Waals surface area contributed by atoms with E-state index in [1.165, 1.54) is 22.3 Å². The number of halogens is 1. The molecule has 0 saturated carbocycles. The highest BCUT2D eigenvalue weighted by atomic mass is 35.5. The maximum Gasteiger partial charge on any atom is 0.342 e. The van der Waals surface area contributed by atoms with Crippen LogP contribution in [0.4, 0.5) is 0 Å². The summed E-state index contributed by atoms with van der Waals surface area (Å²) < 4.78 is 33.7. The van der Waals surface area contributed by atoms with Crippen molar-refractivity contribution in [3.63, 3.8) is 0 Å². The molecule has 7 nitrogen and oxygen atoms in total. The summed E-state index contributed by atoms with van der Waals surface area (Å²) in [5.41, 5.74) is 0.833. The van der Waals surface area contributed by atoms with E-state index in [9.17, 15) is 13.2 Å². The van der Waals surface area contributed by atoms with Crippen LogP contribution in [0.1, 0.15) is 35.7 Å². The molecule has 0 amide bonds. The fourth-order valence-corrected chi connectivity index (χ4v) is 4.73. The summed E-state index contributed by atoms with van der Waals surface area (Å²) in [7, 11) is -2.65. The standard InChI is InChI=1S/C18H22ClN3O4S/c1-13-7-9-22(10-8-13)27(24,25)17-16(18(23)26-2)12-21(20-17)11-14-3-5-15(19)6-4-14/h3-6,12-13H,7-11H2,1-2H3. The molecule has 1 fully saturated rings. The first-order chi connectivity index (χ1) is 12.8. The van der Waals surface area contributed by atoms with Gasteiger partial charge in [-0.3, -0.25) is 4.68 Å². The maximum atomic E-state index is 13.1. The zero-order valence-corrected chi connectivity index (χ0v) is 16.8. The lowest BCUT2D eigenvalue weighted by Crippen LogP contribution is -2.38. The third-order valence-corrected chi connectivity index (χ3v) is 6.80. The van der Waals surface area contributed by atoms with Gasteiger partial charge in [0.15, 0.2) is 0 Å². The first kappa shape index (κ1) is 19.9. The van der Waals surface area contributed by atoms with Crippen molar-refractivity contribution in [2.45, 2.75) is 31.3 Å². The SMILES string of the molecule is COC(=O)c1cn(Cc2ccc(Cl)cc2)nc1S(=O)(=O)N1CCC(C)CC1. The molecule has 1 aromatic carbocycles. The van der Waals surface area contributed by atoms with Gasteiger partial charge < -0.3 is 4.74 Å². The monoisotopic (exact) mass is 411 g/mol. The Morgan fingerprint density at radius 1 is 1.26 bits per heavy atom. The van der Waals surface area contributed by atoms with Crippen molar-refractivity contribution in [1.29, 1.82) is 0 Å². The van der Waals surface area contributed by atoms with Gasteiger partial charge in [-0.05, 0) is 36.5 Å². The Bertz CT molecular complexity index is 917. The number of hydrogen-bond donors (Lipinski definition) is 0. The van der Waals surface area contributed by atoms with Crippen molar-refractivity contribution in [2.24, 2.45) is 5.92 Å². The third kappa shape index (κ3) is 4.34. The summed E-state index contributed by atoms with van der Waals surface area (Å²) in [5.74, 6) is -0.236. The second-order valence-electron chi connectivity index (χ2n) is 6.75. The molecule has 0 unspecified atom stereocenters. The molecule has 1 saturated heterocycles. The number of hydrogen-bond acceptors (Lipinski definition) is 5. The number of nitrogens with zero attached hydrogens (tertiary/aromatic N) is 3. The van der Waals surface area contributed by atoms with Crippen LogP contribution in [0.2, 0.25) is 5.02 Å². The van der Waals surface area contributed by atoms with E-state index in [1.54, 1.807) is 12.1 Å². The summed E-state index contributed by atoms with van der Waals surface area (Å²) >= 11 is 5.89. The lowest BCUT2D eigenvalue weighted by Gasteiger charge is -2.28. The van der Waals surface area contributed by atoms with Crippen LogP contribution < -0.4 is 0 Å². The Kier molecular flexibility index (Phi) is 5.88. The lowest BCUT2D eigenvalue weighted by molar-refractivity contribution is 0.0596. The Hall–Kier alpha value is -1.90. The highest BCUT2D eigenvalue weighted by Crippen LogP contribution is 2.25. The van der Waals surface area contributed by atoms with Crippen molar-refractivity contribution in [1.82, 2.24) is 14.1 Å². The van der Waals surface area contributed by atoms with Crippen molar-refractivity contribution < 1.29 is 17.9 Å². The van der Waals surface area contributed by atoms with Crippen molar-refractivity contribution >= 4 is 27.6 Å². The molecule has 1 aliphatic heterocycles. The third-order valence-electron chi connectivity index (χ3n) is 4.72. The van der Waals surface area contributed by atoms with Gasteiger partial charge in [0.1, 0.15) is 5.56 Å². The summed E-state index contributed by atoms with van der Waals surface area (Å²) in [6, 6.07) is 7.13. The number of carbonyl (C=O) groups excluding carboxylic acids is 1. The minimum atomic E-state index is -3.87. The molecule has 1 aromatic heterocycles. The fraction of sp³-hybridized carbons (Fsp3) is 0.444. The zero-order valence-electron chi connectivity index (χ0n) is 15.3. The van der Waals surface area contributed by atoms with Gasteiger partial charge in [-0.2, -0.15) is 9.40 Å². The van der Waals surface area contributed by atoms with Crippen LogP contribution in [-0.4, -0.2) is 48.7 Å². The Balaban J connectivity index is 1.94. The van der Waals surface area contributed by atoms with E-state index >= 15 is 0 Å². The number of piperidine rings is 1. The molecule has 3 rings (SSSR count). The molecule has 0 spiro atoms. The number of ether oxygens (including phenoxy) is 1. The average Bonchev–Trinajstić information content (AvgIpc) is 3.08. The number of sulfonamides is 1. The van der Waals surface area contributed by atoms with Gasteiger partial charge in [-0.25, -0.2) is 13.2 Å².